The molecule has 0 fully saturated rings. The predicted octanol–water partition coefficient (Wildman–Crippen LogP) is -2.71. The van der Waals surface area contributed by atoms with Crippen LogP contribution in [0.2, 0.25) is 0 Å². The molecular weight excluding hydrogens is 436 g/mol. The Kier molecular flexibility index (Phi) is 14.6. The molecule has 0 aliphatic rings. The van der Waals surface area contributed by atoms with E-state index in [1.165, 1.54) is 0 Å². The quantitative estimate of drug-likeness (QED) is 0.102. The van der Waals surface area contributed by atoms with Crippen LogP contribution in [0.25, 0.3) is 0 Å². The minimum absolute atomic E-state index is 0.0315. The van der Waals surface area contributed by atoms with Crippen molar-refractivity contribution < 1.29 is 34.2 Å². The Morgan fingerprint density at radius 1 is 0.848 bits per heavy atom. The fourth-order valence-electron chi connectivity index (χ4n) is 2.91. The van der Waals surface area contributed by atoms with E-state index in [1.54, 1.807) is 13.8 Å². The number of aliphatic hydroxyl groups is 1. The minimum atomic E-state index is -1.47. The Morgan fingerprint density at radius 3 is 1.88 bits per heavy atom. The van der Waals surface area contributed by atoms with Crippen LogP contribution in [0, 0.1) is 5.92 Å². The third-order valence-corrected chi connectivity index (χ3v) is 4.76. The molecule has 13 heteroatoms. The molecule has 0 aromatic heterocycles. The summed E-state index contributed by atoms with van der Waals surface area (Å²) >= 11 is 0. The molecule has 0 aliphatic carbocycles. The van der Waals surface area contributed by atoms with Crippen LogP contribution in [-0.2, 0) is 24.0 Å². The molecule has 0 heterocycles. The van der Waals surface area contributed by atoms with Crippen LogP contribution in [0.3, 0.4) is 0 Å². The fourth-order valence-corrected chi connectivity index (χ4v) is 2.91. The maximum Gasteiger partial charge on any atom is 0.326 e. The summed E-state index contributed by atoms with van der Waals surface area (Å²) in [5.74, 6) is -4.39. The Morgan fingerprint density at radius 2 is 1.39 bits per heavy atom. The van der Waals surface area contributed by atoms with E-state index in [-0.39, 0.29) is 25.2 Å². The van der Waals surface area contributed by atoms with E-state index >= 15 is 0 Å². The number of carboxylic acid groups (broad SMARTS) is 1. The largest absolute Gasteiger partial charge is 0.480 e. The average molecular weight is 475 g/mol. The van der Waals surface area contributed by atoms with Crippen LogP contribution in [-0.4, -0.2) is 77.1 Å². The van der Waals surface area contributed by atoms with E-state index in [4.69, 9.17) is 17.2 Å². The van der Waals surface area contributed by atoms with Gasteiger partial charge < -0.3 is 43.4 Å². The van der Waals surface area contributed by atoms with Gasteiger partial charge in [-0.05, 0) is 38.1 Å². The summed E-state index contributed by atoms with van der Waals surface area (Å²) in [6.07, 6.45) is 1.37. The number of carbonyl (C=O) groups excluding carboxylic acids is 4. The smallest absolute Gasteiger partial charge is 0.326 e. The van der Waals surface area contributed by atoms with Gasteiger partial charge in [0.25, 0.3) is 0 Å². The molecule has 13 nitrogen and oxygen atoms in total. The first kappa shape index (κ1) is 30.2. The molecule has 0 aromatic rings. The van der Waals surface area contributed by atoms with Gasteiger partial charge >= 0.3 is 5.97 Å². The van der Waals surface area contributed by atoms with E-state index in [0.29, 0.717) is 25.8 Å². The summed E-state index contributed by atoms with van der Waals surface area (Å²) in [6.45, 7) is 3.18. The molecule has 0 aliphatic heterocycles. The molecule has 4 atom stereocenters. The van der Waals surface area contributed by atoms with E-state index in [1.807, 2.05) is 0 Å². The first-order chi connectivity index (χ1) is 15.4. The number of hydrogen-bond acceptors (Lipinski definition) is 8. The predicted molar refractivity (Wildman–Crippen MR) is 119 cm³/mol. The molecule has 0 aromatic carbocycles. The SMILES string of the molecule is CC(C)CC(NC(=O)C(CO)NC(=O)C(CCC(N)=O)NC(=O)C(N)CCCCN)C(=O)O. The van der Waals surface area contributed by atoms with Crippen LogP contribution >= 0.6 is 0 Å². The van der Waals surface area contributed by atoms with E-state index < -0.39 is 60.4 Å². The lowest BCUT2D eigenvalue weighted by Gasteiger charge is -2.24. The summed E-state index contributed by atoms with van der Waals surface area (Å²) in [6, 6.07) is -4.85. The fraction of sp³-hybridized carbons (Fsp3) is 0.750. The lowest BCUT2D eigenvalue weighted by molar-refractivity contribution is -0.143. The average Bonchev–Trinajstić information content (AvgIpc) is 2.73. The number of nitrogens with one attached hydrogen (secondary N) is 3. The number of hydrogen-bond donors (Lipinski definition) is 8. The summed E-state index contributed by atoms with van der Waals surface area (Å²) in [7, 11) is 0. The molecule has 0 bridgehead atoms. The van der Waals surface area contributed by atoms with Crippen LogP contribution < -0.4 is 33.2 Å². The van der Waals surface area contributed by atoms with Gasteiger partial charge in [0.15, 0.2) is 0 Å². The maximum atomic E-state index is 12.7. The topological polar surface area (TPSA) is 240 Å². The van der Waals surface area contributed by atoms with Gasteiger partial charge in [0, 0.05) is 6.42 Å². The number of amides is 4. The number of primary amides is 1. The Hall–Kier alpha value is -2.77. The number of nitrogens with two attached hydrogens (primary N) is 3. The second-order valence-electron chi connectivity index (χ2n) is 8.23. The molecule has 0 spiro atoms. The highest BCUT2D eigenvalue weighted by atomic mass is 16.4. The van der Waals surface area contributed by atoms with Crippen molar-refractivity contribution in [3.05, 3.63) is 0 Å². The normalized spacial score (nSPS) is 14.6. The third kappa shape index (κ3) is 12.7. The second kappa shape index (κ2) is 15.9. The highest BCUT2D eigenvalue weighted by Crippen LogP contribution is 2.06. The van der Waals surface area contributed by atoms with Crippen molar-refractivity contribution in [3.63, 3.8) is 0 Å². The Labute approximate surface area is 193 Å². The molecule has 11 N–H and O–H groups in total. The number of rotatable bonds is 17. The standard InChI is InChI=1S/C20H38N6O7/c1-11(2)9-14(20(32)33)25-19(31)15(10-27)26-18(30)13(6-7-16(23)28)24-17(29)12(22)5-3-4-8-21/h11-15,27H,3-10,21-22H2,1-2H3,(H2,23,28)(H,24,29)(H,25,31)(H,26,30)(H,32,33). The highest BCUT2D eigenvalue weighted by molar-refractivity contribution is 5.94. The van der Waals surface area contributed by atoms with Gasteiger partial charge in [-0.15, -0.1) is 0 Å². The first-order valence-corrected chi connectivity index (χ1v) is 10.9. The van der Waals surface area contributed by atoms with Crippen molar-refractivity contribution in [2.75, 3.05) is 13.2 Å². The number of aliphatic carboxylic acids is 1. The Bertz CT molecular complexity index is 673. The molecule has 0 radical (unpaired) electrons. The molecule has 0 rings (SSSR count). The number of unbranched alkanes of at least 4 members (excludes halogenated alkanes) is 1. The lowest BCUT2D eigenvalue weighted by Crippen LogP contribution is -2.58. The van der Waals surface area contributed by atoms with Crippen molar-refractivity contribution in [2.45, 2.75) is 76.5 Å². The number of carbonyl (C=O) groups is 5. The molecule has 4 amide bonds. The number of aliphatic hydroxyl groups excluding tert-OH is 1. The van der Waals surface area contributed by atoms with Crippen molar-refractivity contribution in [1.29, 1.82) is 0 Å². The third-order valence-electron chi connectivity index (χ3n) is 4.76. The molecule has 4 unspecified atom stereocenters. The summed E-state index contributed by atoms with van der Waals surface area (Å²) in [5, 5.41) is 25.8. The zero-order valence-electron chi connectivity index (χ0n) is 19.2. The van der Waals surface area contributed by atoms with Crippen molar-refractivity contribution in [1.82, 2.24) is 16.0 Å². The minimum Gasteiger partial charge on any atom is -0.480 e. The van der Waals surface area contributed by atoms with Gasteiger partial charge in [-0.2, -0.15) is 0 Å². The van der Waals surface area contributed by atoms with Crippen molar-refractivity contribution in [3.8, 4) is 0 Å². The first-order valence-electron chi connectivity index (χ1n) is 10.9. The van der Waals surface area contributed by atoms with Crippen LogP contribution in [0.4, 0.5) is 0 Å². The van der Waals surface area contributed by atoms with Crippen LogP contribution in [0.5, 0.6) is 0 Å². The highest BCUT2D eigenvalue weighted by Gasteiger charge is 2.30. The van der Waals surface area contributed by atoms with Crippen molar-refractivity contribution in [2.24, 2.45) is 23.1 Å². The van der Waals surface area contributed by atoms with Gasteiger partial charge in [-0.3, -0.25) is 19.2 Å². The maximum absolute atomic E-state index is 12.7. The van der Waals surface area contributed by atoms with E-state index in [0.717, 1.165) is 0 Å². The summed E-state index contributed by atoms with van der Waals surface area (Å²) in [5.41, 5.74) is 16.4. The van der Waals surface area contributed by atoms with Gasteiger partial charge in [0.05, 0.1) is 12.6 Å². The van der Waals surface area contributed by atoms with Gasteiger partial charge in [0.1, 0.15) is 18.1 Å². The molecule has 33 heavy (non-hydrogen) atoms. The second-order valence-corrected chi connectivity index (χ2v) is 8.23. The van der Waals surface area contributed by atoms with Crippen molar-refractivity contribution >= 4 is 29.6 Å². The molecule has 0 saturated heterocycles. The van der Waals surface area contributed by atoms with Crippen LogP contribution in [0.15, 0.2) is 0 Å². The van der Waals surface area contributed by atoms with Gasteiger partial charge in [-0.25, -0.2) is 4.79 Å². The summed E-state index contributed by atoms with van der Waals surface area (Å²) in [4.78, 5) is 60.0. The Balaban J connectivity index is 5.24. The zero-order chi connectivity index (χ0) is 25.6. The molecular formula is C20H38N6O7. The van der Waals surface area contributed by atoms with Crippen LogP contribution in [0.1, 0.15) is 52.4 Å². The molecule has 190 valence electrons. The van der Waals surface area contributed by atoms with Gasteiger partial charge in [0.2, 0.25) is 23.6 Å². The van der Waals surface area contributed by atoms with E-state index in [2.05, 4.69) is 16.0 Å². The zero-order valence-corrected chi connectivity index (χ0v) is 19.2. The lowest BCUT2D eigenvalue weighted by atomic mass is 10.0. The number of carboxylic acids is 1. The summed E-state index contributed by atoms with van der Waals surface area (Å²) < 4.78 is 0. The van der Waals surface area contributed by atoms with E-state index in [9.17, 15) is 34.2 Å². The molecule has 0 saturated carbocycles. The van der Waals surface area contributed by atoms with Gasteiger partial charge in [-0.1, -0.05) is 20.3 Å². The monoisotopic (exact) mass is 474 g/mol.